The fourth-order valence-corrected chi connectivity index (χ4v) is 2.26. The van der Waals surface area contributed by atoms with Crippen LogP contribution < -0.4 is 5.32 Å². The van der Waals surface area contributed by atoms with Gasteiger partial charge in [0.2, 0.25) is 5.91 Å². The van der Waals surface area contributed by atoms with Crippen molar-refractivity contribution in [2.24, 2.45) is 11.3 Å². The van der Waals surface area contributed by atoms with Gasteiger partial charge < -0.3 is 10.0 Å². The Balaban J connectivity index is 2.43. The SMILES string of the molecule is CCC1CCN(C(=O)NC(=O)CC(C)(C)C(=O)O)CC1. The molecule has 1 aliphatic rings. The van der Waals surface area contributed by atoms with Gasteiger partial charge in [-0.1, -0.05) is 13.3 Å². The van der Waals surface area contributed by atoms with Gasteiger partial charge in [0.25, 0.3) is 0 Å². The first-order chi connectivity index (χ1) is 9.26. The van der Waals surface area contributed by atoms with E-state index in [9.17, 15) is 14.4 Å². The summed E-state index contributed by atoms with van der Waals surface area (Å²) >= 11 is 0. The molecule has 0 aliphatic carbocycles. The zero-order chi connectivity index (χ0) is 15.3. The molecule has 2 N–H and O–H groups in total. The minimum absolute atomic E-state index is 0.209. The second-order valence-electron chi connectivity index (χ2n) is 6.06. The van der Waals surface area contributed by atoms with E-state index in [1.165, 1.54) is 13.8 Å². The van der Waals surface area contributed by atoms with Crippen molar-refractivity contribution in [3.63, 3.8) is 0 Å². The molecule has 0 atom stereocenters. The summed E-state index contributed by atoms with van der Waals surface area (Å²) in [5.74, 6) is -0.940. The molecule has 6 nitrogen and oxygen atoms in total. The maximum Gasteiger partial charge on any atom is 0.324 e. The van der Waals surface area contributed by atoms with Gasteiger partial charge in [-0.2, -0.15) is 0 Å². The number of rotatable bonds is 4. The number of carboxylic acids is 1. The minimum Gasteiger partial charge on any atom is -0.481 e. The second-order valence-corrected chi connectivity index (χ2v) is 6.06. The topological polar surface area (TPSA) is 86.7 Å². The predicted molar refractivity (Wildman–Crippen MR) is 74.2 cm³/mol. The van der Waals surface area contributed by atoms with Crippen LogP contribution in [0.5, 0.6) is 0 Å². The van der Waals surface area contributed by atoms with E-state index in [4.69, 9.17) is 5.11 Å². The van der Waals surface area contributed by atoms with E-state index in [2.05, 4.69) is 12.2 Å². The van der Waals surface area contributed by atoms with E-state index in [0.717, 1.165) is 19.3 Å². The maximum absolute atomic E-state index is 11.9. The molecule has 1 heterocycles. The third-order valence-corrected chi connectivity index (χ3v) is 3.91. The highest BCUT2D eigenvalue weighted by molar-refractivity contribution is 5.96. The Kier molecular flexibility index (Phi) is 5.53. The van der Waals surface area contributed by atoms with Crippen LogP contribution in [0.25, 0.3) is 0 Å². The van der Waals surface area contributed by atoms with E-state index in [-0.39, 0.29) is 6.42 Å². The van der Waals surface area contributed by atoms with E-state index in [1.807, 2.05) is 0 Å². The molecule has 6 heteroatoms. The second kappa shape index (κ2) is 6.72. The van der Waals surface area contributed by atoms with Crippen molar-refractivity contribution < 1.29 is 19.5 Å². The highest BCUT2D eigenvalue weighted by Gasteiger charge is 2.31. The number of nitrogens with zero attached hydrogens (tertiary/aromatic N) is 1. The van der Waals surface area contributed by atoms with Gasteiger partial charge in [-0.05, 0) is 32.6 Å². The summed E-state index contributed by atoms with van der Waals surface area (Å²) in [6.45, 7) is 6.37. The maximum atomic E-state index is 11.9. The van der Waals surface area contributed by atoms with Crippen molar-refractivity contribution in [3.05, 3.63) is 0 Å². The molecule has 1 aliphatic heterocycles. The van der Waals surface area contributed by atoms with Crippen molar-refractivity contribution in [1.29, 1.82) is 0 Å². The summed E-state index contributed by atoms with van der Waals surface area (Å²) in [5, 5.41) is 11.2. The Hall–Kier alpha value is -1.59. The van der Waals surface area contributed by atoms with Gasteiger partial charge >= 0.3 is 12.0 Å². The van der Waals surface area contributed by atoms with Crippen LogP contribution in [-0.4, -0.2) is 41.0 Å². The Labute approximate surface area is 119 Å². The third-order valence-electron chi connectivity index (χ3n) is 3.91. The molecular weight excluding hydrogens is 260 g/mol. The monoisotopic (exact) mass is 284 g/mol. The largest absolute Gasteiger partial charge is 0.481 e. The summed E-state index contributed by atoms with van der Waals surface area (Å²) in [6.07, 6.45) is 2.82. The molecule has 3 amide bonds. The number of carbonyl (C=O) groups is 3. The number of hydrogen-bond acceptors (Lipinski definition) is 3. The number of carboxylic acid groups (broad SMARTS) is 1. The third kappa shape index (κ3) is 4.51. The lowest BCUT2D eigenvalue weighted by molar-refractivity contribution is -0.149. The standard InChI is InChI=1S/C14H24N2O4/c1-4-10-5-7-16(8-6-10)13(20)15-11(17)9-14(2,3)12(18)19/h10H,4-9H2,1-3H3,(H,18,19)(H,15,17,20). The van der Waals surface area contributed by atoms with Gasteiger partial charge in [0.1, 0.15) is 0 Å². The summed E-state index contributed by atoms with van der Waals surface area (Å²) in [4.78, 5) is 36.2. The number of aliphatic carboxylic acids is 1. The Bertz CT molecular complexity index is 385. The van der Waals surface area contributed by atoms with E-state index in [0.29, 0.717) is 19.0 Å². The van der Waals surface area contributed by atoms with Crippen molar-refractivity contribution >= 4 is 17.9 Å². The highest BCUT2D eigenvalue weighted by Crippen LogP contribution is 2.21. The molecule has 0 unspecified atom stereocenters. The molecule has 0 radical (unpaired) electrons. The summed E-state index contributed by atoms with van der Waals surface area (Å²) in [5.41, 5.74) is -1.17. The first kappa shape index (κ1) is 16.5. The summed E-state index contributed by atoms with van der Waals surface area (Å²) in [7, 11) is 0. The van der Waals surface area contributed by atoms with Gasteiger partial charge in [-0.3, -0.25) is 14.9 Å². The predicted octanol–water partition coefficient (Wildman–Crippen LogP) is 1.85. The van der Waals surface area contributed by atoms with Crippen LogP contribution >= 0.6 is 0 Å². The van der Waals surface area contributed by atoms with Crippen molar-refractivity contribution in [2.75, 3.05) is 13.1 Å². The number of amides is 3. The Morgan fingerprint density at radius 1 is 1.25 bits per heavy atom. The smallest absolute Gasteiger partial charge is 0.324 e. The molecule has 0 aromatic rings. The Morgan fingerprint density at radius 3 is 2.25 bits per heavy atom. The average Bonchev–Trinajstić information content (AvgIpc) is 2.37. The molecular formula is C14H24N2O4. The molecule has 114 valence electrons. The van der Waals surface area contributed by atoms with E-state index in [1.54, 1.807) is 4.90 Å². The lowest BCUT2D eigenvalue weighted by atomic mass is 9.89. The Morgan fingerprint density at radius 2 is 1.80 bits per heavy atom. The molecule has 1 saturated heterocycles. The van der Waals surface area contributed by atoms with Crippen molar-refractivity contribution in [1.82, 2.24) is 10.2 Å². The van der Waals surface area contributed by atoms with Gasteiger partial charge in [-0.25, -0.2) is 4.79 Å². The molecule has 1 rings (SSSR count). The molecule has 0 saturated carbocycles. The quantitative estimate of drug-likeness (QED) is 0.824. The minimum atomic E-state index is -1.17. The van der Waals surface area contributed by atoms with Gasteiger partial charge in [0.15, 0.2) is 0 Å². The number of nitrogens with one attached hydrogen (secondary N) is 1. The van der Waals surface area contributed by atoms with Crippen LogP contribution in [0.4, 0.5) is 4.79 Å². The van der Waals surface area contributed by atoms with E-state index < -0.39 is 23.3 Å². The highest BCUT2D eigenvalue weighted by atomic mass is 16.4. The van der Waals surface area contributed by atoms with Crippen LogP contribution in [0.15, 0.2) is 0 Å². The number of hydrogen-bond donors (Lipinski definition) is 2. The molecule has 1 fully saturated rings. The number of urea groups is 1. The van der Waals surface area contributed by atoms with E-state index >= 15 is 0 Å². The number of likely N-dealkylation sites (tertiary alicyclic amines) is 1. The first-order valence-corrected chi connectivity index (χ1v) is 7.08. The number of piperidine rings is 1. The van der Waals surface area contributed by atoms with Crippen LogP contribution in [0, 0.1) is 11.3 Å². The first-order valence-electron chi connectivity index (χ1n) is 7.08. The lowest BCUT2D eigenvalue weighted by Crippen LogP contribution is -2.47. The van der Waals surface area contributed by atoms with Crippen molar-refractivity contribution in [2.45, 2.75) is 46.5 Å². The molecule has 20 heavy (non-hydrogen) atoms. The van der Waals surface area contributed by atoms with Crippen LogP contribution in [0.3, 0.4) is 0 Å². The van der Waals surface area contributed by atoms with Gasteiger partial charge in [0.05, 0.1) is 5.41 Å². The number of carbonyl (C=O) groups excluding carboxylic acids is 2. The average molecular weight is 284 g/mol. The molecule has 0 bridgehead atoms. The van der Waals surface area contributed by atoms with Crippen LogP contribution in [0.2, 0.25) is 0 Å². The lowest BCUT2D eigenvalue weighted by Gasteiger charge is -2.31. The van der Waals surface area contributed by atoms with Crippen molar-refractivity contribution in [3.8, 4) is 0 Å². The molecule has 0 spiro atoms. The zero-order valence-corrected chi connectivity index (χ0v) is 12.4. The number of imide groups is 1. The van der Waals surface area contributed by atoms with Gasteiger partial charge in [0, 0.05) is 19.5 Å². The normalized spacial score (nSPS) is 16.9. The zero-order valence-electron chi connectivity index (χ0n) is 12.4. The fourth-order valence-electron chi connectivity index (χ4n) is 2.26. The van der Waals surface area contributed by atoms with Crippen LogP contribution in [-0.2, 0) is 9.59 Å². The molecule has 0 aromatic carbocycles. The van der Waals surface area contributed by atoms with Gasteiger partial charge in [-0.15, -0.1) is 0 Å². The molecule has 0 aromatic heterocycles. The fraction of sp³-hybridized carbons (Fsp3) is 0.786. The summed E-state index contributed by atoms with van der Waals surface area (Å²) < 4.78 is 0. The van der Waals surface area contributed by atoms with Crippen LogP contribution in [0.1, 0.15) is 46.5 Å². The summed E-state index contributed by atoms with van der Waals surface area (Å²) in [6, 6.07) is -0.411.